The van der Waals surface area contributed by atoms with E-state index in [2.05, 4.69) is 31.4 Å². The van der Waals surface area contributed by atoms with E-state index in [0.717, 1.165) is 5.56 Å². The Morgan fingerprint density at radius 2 is 2.12 bits per heavy atom. The van der Waals surface area contributed by atoms with Crippen LogP contribution >= 0.6 is 15.9 Å². The van der Waals surface area contributed by atoms with E-state index in [4.69, 9.17) is 0 Å². The Balaban J connectivity index is 2.08. The number of hydrogen-bond acceptors (Lipinski definition) is 2. The summed E-state index contributed by atoms with van der Waals surface area (Å²) in [5.41, 5.74) is 1.50. The quantitative estimate of drug-likeness (QED) is 0.914. The molecule has 0 saturated carbocycles. The normalized spacial score (nSPS) is 12.1. The first-order valence-corrected chi connectivity index (χ1v) is 6.02. The summed E-state index contributed by atoms with van der Waals surface area (Å²) >= 11 is 3.26. The van der Waals surface area contributed by atoms with E-state index < -0.39 is 0 Å². The molecule has 88 valence electrons. The summed E-state index contributed by atoms with van der Waals surface area (Å²) in [4.78, 5) is 11.9. The molecular weight excluding hydrogens is 282 g/mol. The maximum absolute atomic E-state index is 11.9. The van der Waals surface area contributed by atoms with Crippen molar-refractivity contribution in [3.8, 4) is 0 Å². The lowest BCUT2D eigenvalue weighted by Crippen LogP contribution is -2.27. The van der Waals surface area contributed by atoms with Gasteiger partial charge in [0, 0.05) is 0 Å². The SMILES string of the molecule is CC(NC(=O)c1[nH]ncc1Br)c1ccccc1. The Morgan fingerprint density at radius 1 is 1.41 bits per heavy atom. The molecule has 1 heterocycles. The van der Waals surface area contributed by atoms with Crippen molar-refractivity contribution >= 4 is 21.8 Å². The lowest BCUT2D eigenvalue weighted by molar-refractivity contribution is 0.0934. The molecule has 0 aliphatic heterocycles. The standard InChI is InChI=1S/C12H12BrN3O/c1-8(9-5-3-2-4-6-9)15-12(17)11-10(13)7-14-16-11/h2-8H,1H3,(H,14,16)(H,15,17). The van der Waals surface area contributed by atoms with E-state index in [1.807, 2.05) is 37.3 Å². The molecule has 1 aromatic carbocycles. The molecule has 0 bridgehead atoms. The Kier molecular flexibility index (Phi) is 3.58. The number of carbonyl (C=O) groups is 1. The van der Waals surface area contributed by atoms with E-state index in [1.54, 1.807) is 6.20 Å². The van der Waals surface area contributed by atoms with Gasteiger partial charge in [-0.25, -0.2) is 0 Å². The number of hydrogen-bond donors (Lipinski definition) is 2. The lowest BCUT2D eigenvalue weighted by Gasteiger charge is -2.13. The van der Waals surface area contributed by atoms with Crippen molar-refractivity contribution in [3.05, 3.63) is 52.3 Å². The van der Waals surface area contributed by atoms with Crippen LogP contribution in [0.2, 0.25) is 0 Å². The Hall–Kier alpha value is -1.62. The predicted octanol–water partition coefficient (Wildman–Crippen LogP) is 2.66. The van der Waals surface area contributed by atoms with Gasteiger partial charge in [0.1, 0.15) is 5.69 Å². The van der Waals surface area contributed by atoms with Crippen molar-refractivity contribution in [2.24, 2.45) is 0 Å². The van der Waals surface area contributed by atoms with Gasteiger partial charge in [0.05, 0.1) is 16.7 Å². The zero-order valence-electron chi connectivity index (χ0n) is 9.27. The van der Waals surface area contributed by atoms with Crippen LogP contribution in [0.15, 0.2) is 41.0 Å². The monoisotopic (exact) mass is 293 g/mol. The summed E-state index contributed by atoms with van der Waals surface area (Å²) in [5.74, 6) is -0.175. The highest BCUT2D eigenvalue weighted by Gasteiger charge is 2.15. The van der Waals surface area contributed by atoms with Gasteiger partial charge in [-0.15, -0.1) is 0 Å². The summed E-state index contributed by atoms with van der Waals surface area (Å²) in [6, 6.07) is 9.76. The van der Waals surface area contributed by atoms with E-state index in [-0.39, 0.29) is 11.9 Å². The van der Waals surface area contributed by atoms with E-state index in [0.29, 0.717) is 10.2 Å². The average molecular weight is 294 g/mol. The predicted molar refractivity (Wildman–Crippen MR) is 68.6 cm³/mol. The summed E-state index contributed by atoms with van der Waals surface area (Å²) in [6.45, 7) is 1.94. The van der Waals surface area contributed by atoms with Gasteiger partial charge in [0.25, 0.3) is 5.91 Å². The lowest BCUT2D eigenvalue weighted by atomic mass is 10.1. The van der Waals surface area contributed by atoms with Crippen molar-refractivity contribution in [2.45, 2.75) is 13.0 Å². The van der Waals surface area contributed by atoms with Crippen LogP contribution in [0.5, 0.6) is 0 Å². The summed E-state index contributed by atoms with van der Waals surface area (Å²) in [5, 5.41) is 9.34. The molecule has 1 atom stereocenters. The van der Waals surface area contributed by atoms with Crippen molar-refractivity contribution < 1.29 is 4.79 Å². The first kappa shape index (κ1) is 11.9. The summed E-state index contributed by atoms with van der Waals surface area (Å²) in [7, 11) is 0. The molecule has 0 spiro atoms. The van der Waals surface area contributed by atoms with Crippen LogP contribution in [0, 0.1) is 0 Å². The molecule has 5 heteroatoms. The third-order valence-corrected chi connectivity index (χ3v) is 3.07. The number of nitrogens with one attached hydrogen (secondary N) is 2. The average Bonchev–Trinajstić information content (AvgIpc) is 2.76. The van der Waals surface area contributed by atoms with Crippen molar-refractivity contribution in [2.75, 3.05) is 0 Å². The number of aromatic amines is 1. The second kappa shape index (κ2) is 5.14. The van der Waals surface area contributed by atoms with Crippen LogP contribution < -0.4 is 5.32 Å². The van der Waals surface area contributed by atoms with Crippen LogP contribution in [-0.4, -0.2) is 16.1 Å². The number of H-pyrrole nitrogens is 1. The number of rotatable bonds is 3. The first-order valence-electron chi connectivity index (χ1n) is 5.23. The van der Waals surface area contributed by atoms with Crippen LogP contribution in [0.3, 0.4) is 0 Å². The number of amides is 1. The highest BCUT2D eigenvalue weighted by atomic mass is 79.9. The van der Waals surface area contributed by atoms with Crippen molar-refractivity contribution in [3.63, 3.8) is 0 Å². The molecule has 1 unspecified atom stereocenters. The minimum absolute atomic E-state index is 0.0427. The van der Waals surface area contributed by atoms with Crippen molar-refractivity contribution in [1.82, 2.24) is 15.5 Å². The fourth-order valence-corrected chi connectivity index (χ4v) is 1.90. The molecule has 0 aliphatic rings. The van der Waals surface area contributed by atoms with Gasteiger partial charge in [-0.1, -0.05) is 30.3 Å². The highest BCUT2D eigenvalue weighted by Crippen LogP contribution is 2.15. The molecule has 0 radical (unpaired) electrons. The second-order valence-electron chi connectivity index (χ2n) is 3.70. The minimum atomic E-state index is -0.175. The molecule has 0 aliphatic carbocycles. The smallest absolute Gasteiger partial charge is 0.270 e. The topological polar surface area (TPSA) is 57.8 Å². The maximum Gasteiger partial charge on any atom is 0.270 e. The van der Waals surface area contributed by atoms with Gasteiger partial charge >= 0.3 is 0 Å². The second-order valence-corrected chi connectivity index (χ2v) is 4.55. The zero-order chi connectivity index (χ0) is 12.3. The minimum Gasteiger partial charge on any atom is -0.344 e. The maximum atomic E-state index is 11.9. The fourth-order valence-electron chi connectivity index (χ4n) is 1.52. The number of carbonyl (C=O) groups excluding carboxylic acids is 1. The van der Waals surface area contributed by atoms with Crippen LogP contribution in [-0.2, 0) is 0 Å². The largest absolute Gasteiger partial charge is 0.344 e. The molecule has 2 N–H and O–H groups in total. The van der Waals surface area contributed by atoms with Gasteiger partial charge in [-0.2, -0.15) is 5.10 Å². The Morgan fingerprint density at radius 3 is 2.71 bits per heavy atom. The molecule has 0 fully saturated rings. The molecule has 4 nitrogen and oxygen atoms in total. The molecule has 2 rings (SSSR count). The fraction of sp³-hybridized carbons (Fsp3) is 0.167. The zero-order valence-corrected chi connectivity index (χ0v) is 10.9. The third kappa shape index (κ3) is 2.74. The van der Waals surface area contributed by atoms with E-state index >= 15 is 0 Å². The molecule has 1 amide bonds. The Labute approximate surface area is 108 Å². The van der Waals surface area contributed by atoms with E-state index in [9.17, 15) is 4.79 Å². The molecule has 1 aromatic heterocycles. The molecule has 2 aromatic rings. The number of aromatic nitrogens is 2. The van der Waals surface area contributed by atoms with Crippen LogP contribution in [0.4, 0.5) is 0 Å². The van der Waals surface area contributed by atoms with Crippen LogP contribution in [0.25, 0.3) is 0 Å². The van der Waals surface area contributed by atoms with Gasteiger partial charge in [-0.3, -0.25) is 9.89 Å². The number of halogens is 1. The first-order chi connectivity index (χ1) is 8.18. The highest BCUT2D eigenvalue weighted by molar-refractivity contribution is 9.10. The number of benzene rings is 1. The van der Waals surface area contributed by atoms with Gasteiger partial charge < -0.3 is 5.32 Å². The Bertz CT molecular complexity index is 509. The molecule has 0 saturated heterocycles. The third-order valence-electron chi connectivity index (χ3n) is 2.47. The van der Waals surface area contributed by atoms with Crippen LogP contribution in [0.1, 0.15) is 29.0 Å². The number of nitrogens with zero attached hydrogens (tertiary/aromatic N) is 1. The summed E-state index contributed by atoms with van der Waals surface area (Å²) < 4.78 is 0.662. The van der Waals surface area contributed by atoms with Crippen molar-refractivity contribution in [1.29, 1.82) is 0 Å². The van der Waals surface area contributed by atoms with E-state index in [1.165, 1.54) is 0 Å². The van der Waals surface area contributed by atoms with Gasteiger partial charge in [0.15, 0.2) is 0 Å². The molecule has 17 heavy (non-hydrogen) atoms. The molecular formula is C12H12BrN3O. The van der Waals surface area contributed by atoms with Gasteiger partial charge in [0.2, 0.25) is 0 Å². The summed E-state index contributed by atoms with van der Waals surface area (Å²) in [6.07, 6.45) is 1.56. The van der Waals surface area contributed by atoms with Gasteiger partial charge in [-0.05, 0) is 28.4 Å².